The van der Waals surface area contributed by atoms with Crippen LogP contribution >= 0.6 is 0 Å². The summed E-state index contributed by atoms with van der Waals surface area (Å²) in [5.74, 6) is -0.631. The number of morpholine rings is 1. The minimum Gasteiger partial charge on any atom is -0.391 e. The Bertz CT molecular complexity index is 742. The molecule has 3 heterocycles. The molecule has 2 fully saturated rings. The van der Waals surface area contributed by atoms with Crippen molar-refractivity contribution in [1.29, 1.82) is 0 Å². The molecule has 0 spiro atoms. The molecule has 11 heteroatoms. The molecule has 0 bridgehead atoms. The molecule has 3 rings (SSSR count). The Morgan fingerprint density at radius 1 is 1.31 bits per heavy atom. The van der Waals surface area contributed by atoms with Gasteiger partial charge in [-0.15, -0.1) is 0 Å². The molecule has 146 valence electrons. The highest BCUT2D eigenvalue weighted by Gasteiger charge is 2.36. The third kappa shape index (κ3) is 4.05. The average molecular weight is 389 g/mol. The van der Waals surface area contributed by atoms with E-state index < -0.39 is 27.9 Å². The molecule has 0 aromatic carbocycles. The molecule has 0 saturated carbocycles. The highest BCUT2D eigenvalue weighted by Crippen LogP contribution is 2.26. The summed E-state index contributed by atoms with van der Waals surface area (Å²) in [4.78, 5) is 11.8. The van der Waals surface area contributed by atoms with Gasteiger partial charge in [-0.05, 0) is 0 Å². The highest BCUT2D eigenvalue weighted by molar-refractivity contribution is 7.89. The SMILES string of the molecule is CN(C)S(=O)(=O)C[C@@H]1CN(c2ncc(F)c(N3CCOCC3)n2)C[C@H]1O. The van der Waals surface area contributed by atoms with Crippen molar-refractivity contribution in [1.82, 2.24) is 14.3 Å². The van der Waals surface area contributed by atoms with Gasteiger partial charge in [0.05, 0.1) is 31.3 Å². The van der Waals surface area contributed by atoms with Gasteiger partial charge < -0.3 is 19.6 Å². The lowest BCUT2D eigenvalue weighted by Gasteiger charge is -2.28. The lowest BCUT2D eigenvalue weighted by atomic mass is 10.1. The van der Waals surface area contributed by atoms with E-state index in [2.05, 4.69) is 9.97 Å². The molecule has 0 aliphatic carbocycles. The standard InChI is InChI=1S/C15H24FN5O4S/c1-19(2)26(23,24)10-11-8-21(9-13(11)22)15-17-7-12(16)14(18-15)20-3-5-25-6-4-20/h7,11,13,22H,3-6,8-10H2,1-2H3/t11-,13+/m0/s1. The van der Waals surface area contributed by atoms with Crippen LogP contribution in [0.2, 0.25) is 0 Å². The van der Waals surface area contributed by atoms with Gasteiger partial charge in [-0.25, -0.2) is 22.1 Å². The number of sulfonamides is 1. The van der Waals surface area contributed by atoms with Crippen molar-refractivity contribution >= 4 is 21.8 Å². The third-order valence-electron chi connectivity index (χ3n) is 4.69. The lowest BCUT2D eigenvalue weighted by molar-refractivity contribution is 0.122. The zero-order valence-corrected chi connectivity index (χ0v) is 15.7. The quantitative estimate of drug-likeness (QED) is 0.695. The summed E-state index contributed by atoms with van der Waals surface area (Å²) in [5, 5.41) is 10.3. The Kier molecular flexibility index (Phi) is 5.61. The number of halogens is 1. The molecule has 2 saturated heterocycles. The second kappa shape index (κ2) is 7.59. The van der Waals surface area contributed by atoms with E-state index >= 15 is 0 Å². The van der Waals surface area contributed by atoms with Crippen molar-refractivity contribution in [2.75, 3.05) is 69.0 Å². The van der Waals surface area contributed by atoms with E-state index in [4.69, 9.17) is 4.74 Å². The van der Waals surface area contributed by atoms with Crippen LogP contribution in [0, 0.1) is 11.7 Å². The second-order valence-corrected chi connectivity index (χ2v) is 8.96. The van der Waals surface area contributed by atoms with Crippen LogP contribution < -0.4 is 9.80 Å². The molecule has 0 amide bonds. The number of hydrogen-bond donors (Lipinski definition) is 1. The number of rotatable bonds is 5. The van der Waals surface area contributed by atoms with Crippen molar-refractivity contribution in [3.05, 3.63) is 12.0 Å². The average Bonchev–Trinajstić information content (AvgIpc) is 2.96. The minimum atomic E-state index is -3.43. The fraction of sp³-hybridized carbons (Fsp3) is 0.733. The van der Waals surface area contributed by atoms with E-state index in [9.17, 15) is 17.9 Å². The fourth-order valence-corrected chi connectivity index (χ4v) is 4.27. The number of aliphatic hydroxyl groups excluding tert-OH is 1. The predicted molar refractivity (Wildman–Crippen MR) is 94.2 cm³/mol. The summed E-state index contributed by atoms with van der Waals surface area (Å²) >= 11 is 0. The third-order valence-corrected chi connectivity index (χ3v) is 6.66. The summed E-state index contributed by atoms with van der Waals surface area (Å²) in [6.45, 7) is 2.60. The van der Waals surface area contributed by atoms with Gasteiger partial charge in [-0.3, -0.25) is 0 Å². The molecule has 0 unspecified atom stereocenters. The van der Waals surface area contributed by atoms with Crippen molar-refractivity contribution in [2.45, 2.75) is 6.10 Å². The summed E-state index contributed by atoms with van der Waals surface area (Å²) < 4.78 is 44.7. The number of ether oxygens (including phenoxy) is 1. The van der Waals surface area contributed by atoms with E-state index in [0.29, 0.717) is 32.8 Å². The van der Waals surface area contributed by atoms with Gasteiger partial charge in [0.15, 0.2) is 11.6 Å². The van der Waals surface area contributed by atoms with Crippen molar-refractivity contribution in [3.63, 3.8) is 0 Å². The maximum Gasteiger partial charge on any atom is 0.227 e. The lowest BCUT2D eigenvalue weighted by Crippen LogP contribution is -2.38. The van der Waals surface area contributed by atoms with Crippen LogP contribution in [0.1, 0.15) is 0 Å². The van der Waals surface area contributed by atoms with E-state index in [1.54, 1.807) is 9.80 Å². The molecule has 0 radical (unpaired) electrons. The zero-order chi connectivity index (χ0) is 18.9. The van der Waals surface area contributed by atoms with E-state index in [1.807, 2.05) is 0 Å². The van der Waals surface area contributed by atoms with E-state index in [0.717, 1.165) is 10.5 Å². The first-order valence-electron chi connectivity index (χ1n) is 8.46. The Labute approximate surface area is 152 Å². The molecule has 9 nitrogen and oxygen atoms in total. The van der Waals surface area contributed by atoms with E-state index in [-0.39, 0.29) is 24.1 Å². The molecule has 2 aliphatic rings. The minimum absolute atomic E-state index is 0.158. The van der Waals surface area contributed by atoms with Crippen LogP contribution in [0.5, 0.6) is 0 Å². The van der Waals surface area contributed by atoms with Crippen molar-refractivity contribution in [2.24, 2.45) is 5.92 Å². The van der Waals surface area contributed by atoms with Crippen molar-refractivity contribution in [3.8, 4) is 0 Å². The Morgan fingerprint density at radius 2 is 2.00 bits per heavy atom. The van der Waals surface area contributed by atoms with Gasteiger partial charge in [-0.1, -0.05) is 0 Å². The Morgan fingerprint density at radius 3 is 2.65 bits per heavy atom. The first-order valence-corrected chi connectivity index (χ1v) is 10.1. The van der Waals surface area contributed by atoms with Gasteiger partial charge >= 0.3 is 0 Å². The molecule has 26 heavy (non-hydrogen) atoms. The highest BCUT2D eigenvalue weighted by atomic mass is 32.2. The number of aromatic nitrogens is 2. The second-order valence-electron chi connectivity index (χ2n) is 6.73. The Hall–Kier alpha value is -1.56. The number of aliphatic hydroxyl groups is 1. The maximum atomic E-state index is 14.1. The van der Waals surface area contributed by atoms with Crippen LogP contribution in [0.25, 0.3) is 0 Å². The Balaban J connectivity index is 1.75. The number of hydrogen-bond acceptors (Lipinski definition) is 8. The van der Waals surface area contributed by atoms with Gasteiger partial charge in [-0.2, -0.15) is 4.98 Å². The van der Waals surface area contributed by atoms with Crippen LogP contribution in [0.3, 0.4) is 0 Å². The van der Waals surface area contributed by atoms with Gasteiger partial charge in [0.2, 0.25) is 16.0 Å². The summed E-state index contributed by atoms with van der Waals surface area (Å²) in [6.07, 6.45) is 0.300. The van der Waals surface area contributed by atoms with Crippen molar-refractivity contribution < 1.29 is 22.7 Å². The molecule has 2 atom stereocenters. The van der Waals surface area contributed by atoms with E-state index in [1.165, 1.54) is 14.1 Å². The summed E-state index contributed by atoms with van der Waals surface area (Å²) in [5.41, 5.74) is 0. The zero-order valence-electron chi connectivity index (χ0n) is 14.9. The summed E-state index contributed by atoms with van der Waals surface area (Å²) in [7, 11) is -0.500. The summed E-state index contributed by atoms with van der Waals surface area (Å²) in [6, 6.07) is 0. The molecule has 1 aromatic rings. The normalized spacial score (nSPS) is 24.5. The van der Waals surface area contributed by atoms with Crippen LogP contribution in [0.15, 0.2) is 6.20 Å². The molecular formula is C15H24FN5O4S. The van der Waals surface area contributed by atoms with Crippen LogP contribution in [-0.2, 0) is 14.8 Å². The largest absolute Gasteiger partial charge is 0.391 e. The topological polar surface area (TPSA) is 99.1 Å². The molecular weight excluding hydrogens is 365 g/mol. The first-order chi connectivity index (χ1) is 12.3. The smallest absolute Gasteiger partial charge is 0.227 e. The van der Waals surface area contributed by atoms with Gasteiger partial charge in [0.25, 0.3) is 0 Å². The fourth-order valence-electron chi connectivity index (χ4n) is 3.10. The van der Waals surface area contributed by atoms with Gasteiger partial charge in [0.1, 0.15) is 0 Å². The van der Waals surface area contributed by atoms with Gasteiger partial charge in [0, 0.05) is 46.2 Å². The predicted octanol–water partition coefficient (Wildman–Crippen LogP) is -0.859. The number of anilines is 2. The maximum absolute atomic E-state index is 14.1. The van der Waals surface area contributed by atoms with Crippen LogP contribution in [0.4, 0.5) is 16.2 Å². The number of nitrogens with zero attached hydrogens (tertiary/aromatic N) is 5. The number of β-amino-alcohol motifs (C(OH)–C–C–N with tert-alkyl or cyclic N) is 1. The molecule has 1 aromatic heterocycles. The molecule has 2 aliphatic heterocycles. The van der Waals surface area contributed by atoms with Crippen LogP contribution in [-0.4, -0.2) is 93.1 Å². The molecule has 1 N–H and O–H groups in total. The monoisotopic (exact) mass is 389 g/mol. The first kappa shape index (κ1) is 19.2.